The number of carbonyl (C=O) groups is 1. The lowest BCUT2D eigenvalue weighted by molar-refractivity contribution is -0.122. The van der Waals surface area contributed by atoms with Gasteiger partial charge in [0.1, 0.15) is 12.0 Å². The predicted molar refractivity (Wildman–Crippen MR) is 86.8 cm³/mol. The minimum Gasteiger partial charge on any atom is -0.480 e. The molecule has 122 valence electrons. The third-order valence-electron chi connectivity index (χ3n) is 4.16. The number of hydrogen-bond donors (Lipinski definition) is 2. The zero-order valence-electron chi connectivity index (χ0n) is 13.3. The number of nitrogens with one attached hydrogen (secondary N) is 2. The first-order chi connectivity index (χ1) is 11.6. The number of nitrogens with zero attached hydrogens (tertiary/aromatic N) is 2. The molecular weight excluding hydrogens is 308 g/mol. The first kappa shape index (κ1) is 14.5. The maximum atomic E-state index is 12.4. The Hall–Kier alpha value is -3.09. The lowest BCUT2D eigenvalue weighted by Crippen LogP contribution is -2.31. The van der Waals surface area contributed by atoms with E-state index in [0.717, 1.165) is 22.4 Å². The Morgan fingerprint density at radius 3 is 2.96 bits per heavy atom. The van der Waals surface area contributed by atoms with Crippen LogP contribution < -0.4 is 10.1 Å². The average molecular weight is 324 g/mol. The van der Waals surface area contributed by atoms with Crippen molar-refractivity contribution in [1.82, 2.24) is 15.2 Å². The summed E-state index contributed by atoms with van der Waals surface area (Å²) in [5.41, 5.74) is 4.15. The minimum atomic E-state index is -0.572. The van der Waals surface area contributed by atoms with Crippen LogP contribution in [0.4, 0.5) is 5.95 Å². The van der Waals surface area contributed by atoms with E-state index in [4.69, 9.17) is 9.15 Å². The predicted octanol–water partition coefficient (Wildman–Crippen LogP) is 2.62. The molecule has 1 aliphatic heterocycles. The van der Waals surface area contributed by atoms with Crippen molar-refractivity contribution in [2.45, 2.75) is 26.4 Å². The van der Waals surface area contributed by atoms with Gasteiger partial charge in [-0.25, -0.2) is 0 Å². The molecule has 24 heavy (non-hydrogen) atoms. The summed E-state index contributed by atoms with van der Waals surface area (Å²) in [4.78, 5) is 16.6. The van der Waals surface area contributed by atoms with Gasteiger partial charge in [0, 0.05) is 6.42 Å². The number of aromatic amines is 1. The number of rotatable bonds is 3. The molecule has 0 saturated heterocycles. The van der Waals surface area contributed by atoms with E-state index in [1.54, 1.807) is 18.6 Å². The number of anilines is 1. The molecule has 0 unspecified atom stereocenters. The summed E-state index contributed by atoms with van der Waals surface area (Å²) < 4.78 is 10.8. The molecule has 0 fully saturated rings. The van der Waals surface area contributed by atoms with Crippen molar-refractivity contribution < 1.29 is 13.9 Å². The summed E-state index contributed by atoms with van der Waals surface area (Å²) in [5.74, 6) is 1.25. The average Bonchev–Trinajstić information content (AvgIpc) is 3.26. The van der Waals surface area contributed by atoms with E-state index in [2.05, 4.69) is 26.6 Å². The van der Waals surface area contributed by atoms with Gasteiger partial charge in [-0.05, 0) is 42.7 Å². The number of hydrogen-bond acceptors (Lipinski definition) is 5. The molecule has 2 N–H and O–H groups in total. The number of carbonyl (C=O) groups excluding carboxylic acids is 1. The normalized spacial score (nSPS) is 15.8. The van der Waals surface area contributed by atoms with Crippen LogP contribution in [0.3, 0.4) is 0 Å². The summed E-state index contributed by atoms with van der Waals surface area (Å²) >= 11 is 0. The third-order valence-corrected chi connectivity index (χ3v) is 4.16. The number of H-pyrrole nitrogens is 1. The molecule has 0 saturated carbocycles. The zero-order chi connectivity index (χ0) is 16.7. The Bertz CT molecular complexity index is 868. The topological polar surface area (TPSA) is 93.0 Å². The first-order valence-corrected chi connectivity index (χ1v) is 7.63. The number of aryl methyl sites for hydroxylation is 2. The lowest BCUT2D eigenvalue weighted by Gasteiger charge is -2.09. The molecule has 3 heterocycles. The summed E-state index contributed by atoms with van der Waals surface area (Å²) in [7, 11) is 0. The smallest absolute Gasteiger partial charge is 0.268 e. The van der Waals surface area contributed by atoms with E-state index >= 15 is 0 Å². The minimum absolute atomic E-state index is 0.211. The van der Waals surface area contributed by atoms with E-state index < -0.39 is 6.10 Å². The maximum Gasteiger partial charge on any atom is 0.268 e. The summed E-state index contributed by atoms with van der Waals surface area (Å²) in [6.07, 6.45) is 3.07. The molecule has 0 bridgehead atoms. The van der Waals surface area contributed by atoms with Crippen LogP contribution in [0.15, 0.2) is 35.1 Å². The number of aromatic nitrogens is 3. The van der Waals surface area contributed by atoms with Crippen molar-refractivity contribution >= 4 is 11.9 Å². The van der Waals surface area contributed by atoms with Crippen LogP contribution in [0.25, 0.3) is 11.4 Å². The first-order valence-electron chi connectivity index (χ1n) is 7.63. The molecular formula is C17H16N4O3. The molecule has 1 aromatic carbocycles. The van der Waals surface area contributed by atoms with Crippen LogP contribution in [0, 0.1) is 13.8 Å². The third kappa shape index (κ3) is 2.54. The Labute approximate surface area is 138 Å². The molecule has 1 amide bonds. The van der Waals surface area contributed by atoms with Crippen LogP contribution in [0.1, 0.15) is 16.7 Å². The van der Waals surface area contributed by atoms with E-state index in [-0.39, 0.29) is 11.9 Å². The Balaban J connectivity index is 1.46. The van der Waals surface area contributed by atoms with Gasteiger partial charge in [0.25, 0.3) is 5.91 Å². The second-order valence-corrected chi connectivity index (χ2v) is 5.86. The molecule has 1 atom stereocenters. The van der Waals surface area contributed by atoms with Crippen molar-refractivity contribution in [1.29, 1.82) is 0 Å². The Morgan fingerprint density at radius 2 is 2.17 bits per heavy atom. The van der Waals surface area contributed by atoms with Gasteiger partial charge < -0.3 is 9.15 Å². The molecule has 0 radical (unpaired) electrons. The van der Waals surface area contributed by atoms with Crippen LogP contribution in [0.5, 0.6) is 5.75 Å². The highest BCUT2D eigenvalue weighted by Crippen LogP contribution is 2.31. The molecule has 3 aromatic rings. The van der Waals surface area contributed by atoms with E-state index in [9.17, 15) is 4.79 Å². The second kappa shape index (κ2) is 5.52. The van der Waals surface area contributed by atoms with Crippen LogP contribution >= 0.6 is 0 Å². The molecule has 7 nitrogen and oxygen atoms in total. The van der Waals surface area contributed by atoms with Crippen LogP contribution in [0.2, 0.25) is 0 Å². The van der Waals surface area contributed by atoms with E-state index in [0.29, 0.717) is 12.2 Å². The highest BCUT2D eigenvalue weighted by molar-refractivity contribution is 5.93. The summed E-state index contributed by atoms with van der Waals surface area (Å²) in [6.45, 7) is 4.07. The SMILES string of the molecule is Cc1cc2c(cc1C)O[C@@H](C(=O)Nc1n[nH]c(-c3ccoc3)n1)C2. The fourth-order valence-corrected chi connectivity index (χ4v) is 2.70. The van der Waals surface area contributed by atoms with Crippen molar-refractivity contribution in [3.05, 3.63) is 47.4 Å². The van der Waals surface area contributed by atoms with Gasteiger partial charge in [-0.1, -0.05) is 6.07 Å². The van der Waals surface area contributed by atoms with Gasteiger partial charge in [0.15, 0.2) is 11.9 Å². The highest BCUT2D eigenvalue weighted by atomic mass is 16.5. The lowest BCUT2D eigenvalue weighted by atomic mass is 10.0. The van der Waals surface area contributed by atoms with Gasteiger partial charge in [-0.2, -0.15) is 4.98 Å². The molecule has 1 aliphatic rings. The van der Waals surface area contributed by atoms with E-state index in [1.807, 2.05) is 19.9 Å². The Kier molecular flexibility index (Phi) is 3.34. The van der Waals surface area contributed by atoms with Gasteiger partial charge in [-0.3, -0.25) is 15.2 Å². The molecule has 2 aromatic heterocycles. The van der Waals surface area contributed by atoms with Gasteiger partial charge in [0.2, 0.25) is 5.95 Å². The van der Waals surface area contributed by atoms with Crippen LogP contribution in [-0.2, 0) is 11.2 Å². The molecule has 0 aliphatic carbocycles. The maximum absolute atomic E-state index is 12.4. The zero-order valence-corrected chi connectivity index (χ0v) is 13.3. The number of amides is 1. The van der Waals surface area contributed by atoms with Gasteiger partial charge in [0.05, 0.1) is 11.8 Å². The van der Waals surface area contributed by atoms with Gasteiger partial charge in [-0.15, -0.1) is 5.10 Å². The van der Waals surface area contributed by atoms with Crippen molar-refractivity contribution in [2.75, 3.05) is 5.32 Å². The highest BCUT2D eigenvalue weighted by Gasteiger charge is 2.30. The second-order valence-electron chi connectivity index (χ2n) is 5.86. The number of furan rings is 1. The monoisotopic (exact) mass is 324 g/mol. The van der Waals surface area contributed by atoms with E-state index in [1.165, 1.54) is 5.56 Å². The molecule has 0 spiro atoms. The fraction of sp³-hybridized carbons (Fsp3) is 0.235. The van der Waals surface area contributed by atoms with Gasteiger partial charge >= 0.3 is 0 Å². The molecule has 7 heteroatoms. The van der Waals surface area contributed by atoms with Crippen molar-refractivity contribution in [3.63, 3.8) is 0 Å². The molecule has 4 rings (SSSR count). The summed E-state index contributed by atoms with van der Waals surface area (Å²) in [6, 6.07) is 5.80. The Morgan fingerprint density at radius 1 is 1.33 bits per heavy atom. The van der Waals surface area contributed by atoms with Crippen molar-refractivity contribution in [2.24, 2.45) is 0 Å². The largest absolute Gasteiger partial charge is 0.480 e. The quantitative estimate of drug-likeness (QED) is 0.772. The fourth-order valence-electron chi connectivity index (χ4n) is 2.70. The summed E-state index contributed by atoms with van der Waals surface area (Å²) in [5, 5.41) is 9.44. The van der Waals surface area contributed by atoms with Crippen molar-refractivity contribution in [3.8, 4) is 17.1 Å². The van der Waals surface area contributed by atoms with Crippen LogP contribution in [-0.4, -0.2) is 27.2 Å². The number of fused-ring (bicyclic) bond motifs is 1. The number of benzene rings is 1. The standard InChI is InChI=1S/C17H16N4O3/c1-9-5-12-7-14(24-13(12)6-10(9)2)16(22)19-17-18-15(20-21-17)11-3-4-23-8-11/h3-6,8,14H,7H2,1-2H3,(H2,18,19,20,21,22)/t14-/m1/s1. The number of ether oxygens (including phenoxy) is 1.